The summed E-state index contributed by atoms with van der Waals surface area (Å²) in [5.41, 5.74) is 0.0263. The third-order valence-electron chi connectivity index (χ3n) is 4.60. The number of nitrogens with one attached hydrogen (secondary N) is 2. The van der Waals surface area contributed by atoms with Crippen molar-refractivity contribution in [2.75, 3.05) is 10.6 Å². The second-order valence-corrected chi connectivity index (χ2v) is 9.07. The van der Waals surface area contributed by atoms with Gasteiger partial charge in [0.15, 0.2) is 11.7 Å². The number of amides is 1. The average Bonchev–Trinajstić information content (AvgIpc) is 3.32. The van der Waals surface area contributed by atoms with Gasteiger partial charge in [-0.3, -0.25) is 4.79 Å². The summed E-state index contributed by atoms with van der Waals surface area (Å²) in [6.07, 6.45) is -4.78. The molecule has 158 valence electrons. The van der Waals surface area contributed by atoms with E-state index >= 15 is 0 Å². The summed E-state index contributed by atoms with van der Waals surface area (Å²) in [5.74, 6) is -0.632. The third-order valence-corrected chi connectivity index (χ3v) is 7.15. The number of hydrogen-bond acceptors (Lipinski definition) is 4. The predicted octanol–water partition coefficient (Wildman–Crippen LogP) is 6.93. The molecule has 3 aromatic rings. The van der Waals surface area contributed by atoms with E-state index in [9.17, 15) is 18.0 Å². The van der Waals surface area contributed by atoms with Crippen LogP contribution >= 0.6 is 50.5 Å². The highest BCUT2D eigenvalue weighted by atomic mass is 79.9. The van der Waals surface area contributed by atoms with Crippen molar-refractivity contribution in [2.45, 2.75) is 24.7 Å². The molecule has 0 saturated carbocycles. The maximum atomic E-state index is 13.8. The Labute approximate surface area is 191 Å². The molecule has 4 rings (SSSR count). The van der Waals surface area contributed by atoms with Gasteiger partial charge < -0.3 is 10.6 Å². The number of hydrogen-bond donors (Lipinski definition) is 2. The van der Waals surface area contributed by atoms with Crippen LogP contribution < -0.4 is 10.6 Å². The molecular formula is C18H12BrCl2F3N4OS. The fourth-order valence-corrected chi connectivity index (χ4v) is 4.89. The summed E-state index contributed by atoms with van der Waals surface area (Å²) in [4.78, 5) is 13.5. The quantitative estimate of drug-likeness (QED) is 0.379. The molecule has 0 spiro atoms. The predicted molar refractivity (Wildman–Crippen MR) is 115 cm³/mol. The van der Waals surface area contributed by atoms with Crippen molar-refractivity contribution in [2.24, 2.45) is 0 Å². The Kier molecular flexibility index (Phi) is 5.78. The van der Waals surface area contributed by atoms with Gasteiger partial charge >= 0.3 is 6.18 Å². The lowest BCUT2D eigenvalue weighted by atomic mass is 10.0. The summed E-state index contributed by atoms with van der Waals surface area (Å²) in [6.45, 7) is 0. The van der Waals surface area contributed by atoms with Gasteiger partial charge in [-0.25, -0.2) is 4.68 Å². The number of carbonyl (C=O) groups excluding carboxylic acids is 1. The number of anilines is 2. The van der Waals surface area contributed by atoms with Crippen molar-refractivity contribution in [1.29, 1.82) is 0 Å². The minimum atomic E-state index is -4.54. The highest BCUT2D eigenvalue weighted by Gasteiger charge is 2.48. The Balaban J connectivity index is 1.71. The first kappa shape index (κ1) is 21.5. The lowest BCUT2D eigenvalue weighted by Crippen LogP contribution is -2.35. The number of aromatic nitrogens is 2. The Morgan fingerprint density at radius 3 is 2.73 bits per heavy atom. The standard InChI is InChI=1S/C18H12BrCl2F3N4OS/c19-13-15(17(29)26-9-4-1-3-8(20)14(9)21)27-28-12(18(22,23)24)7-10(25-16(13)28)11-5-2-6-30-11/h1-6,10,12,25H,7H2,(H,26,29)/t10-,12+/m1/s1. The van der Waals surface area contributed by atoms with Gasteiger partial charge in [-0.1, -0.05) is 35.3 Å². The van der Waals surface area contributed by atoms with Gasteiger partial charge in [0.25, 0.3) is 5.91 Å². The molecule has 12 heteroatoms. The smallest absolute Gasteiger partial charge is 0.362 e. The molecular weight excluding hydrogens is 528 g/mol. The zero-order valence-electron chi connectivity index (χ0n) is 14.8. The number of nitrogens with zero attached hydrogens (tertiary/aromatic N) is 2. The summed E-state index contributed by atoms with van der Waals surface area (Å²) < 4.78 is 42.3. The number of carbonyl (C=O) groups is 1. The van der Waals surface area contributed by atoms with Gasteiger partial charge in [0.1, 0.15) is 5.82 Å². The minimum Gasteiger partial charge on any atom is -0.362 e. The van der Waals surface area contributed by atoms with Crippen LogP contribution in [0.5, 0.6) is 0 Å². The molecule has 0 saturated heterocycles. The molecule has 30 heavy (non-hydrogen) atoms. The van der Waals surface area contributed by atoms with E-state index in [0.717, 1.165) is 9.56 Å². The third kappa shape index (κ3) is 3.93. The van der Waals surface area contributed by atoms with Crippen molar-refractivity contribution >= 4 is 67.9 Å². The Morgan fingerprint density at radius 1 is 1.30 bits per heavy atom. The first-order valence-electron chi connectivity index (χ1n) is 8.57. The van der Waals surface area contributed by atoms with Crippen LogP contribution in [0.15, 0.2) is 40.2 Å². The molecule has 5 nitrogen and oxygen atoms in total. The maximum Gasteiger partial charge on any atom is 0.410 e. The normalized spacial score (nSPS) is 18.6. The number of thiophene rings is 1. The molecule has 0 aliphatic carbocycles. The monoisotopic (exact) mass is 538 g/mol. The lowest BCUT2D eigenvalue weighted by molar-refractivity contribution is -0.173. The van der Waals surface area contributed by atoms with E-state index in [0.29, 0.717) is 0 Å². The molecule has 1 aliphatic rings. The minimum absolute atomic E-state index is 0.0873. The molecule has 0 bridgehead atoms. The fourth-order valence-electron chi connectivity index (χ4n) is 3.19. The number of benzene rings is 1. The SMILES string of the molecule is O=C(Nc1cccc(Cl)c1Cl)c1nn2c(c1Br)N[C@@H](c1cccs1)C[C@H]2C(F)(F)F. The first-order valence-corrected chi connectivity index (χ1v) is 11.0. The average molecular weight is 540 g/mol. The molecule has 2 aromatic heterocycles. The maximum absolute atomic E-state index is 13.8. The van der Waals surface area contributed by atoms with Crippen molar-refractivity contribution < 1.29 is 18.0 Å². The van der Waals surface area contributed by atoms with Crippen LogP contribution in [-0.4, -0.2) is 21.9 Å². The van der Waals surface area contributed by atoms with Gasteiger partial charge in [-0.2, -0.15) is 18.3 Å². The van der Waals surface area contributed by atoms with Gasteiger partial charge in [-0.15, -0.1) is 11.3 Å². The van der Waals surface area contributed by atoms with Gasteiger partial charge in [0.2, 0.25) is 0 Å². The number of rotatable bonds is 3. The van der Waals surface area contributed by atoms with E-state index in [-0.39, 0.29) is 38.1 Å². The van der Waals surface area contributed by atoms with Crippen LogP contribution in [0.3, 0.4) is 0 Å². The highest BCUT2D eigenvalue weighted by Crippen LogP contribution is 2.47. The second-order valence-electron chi connectivity index (χ2n) is 6.52. The van der Waals surface area contributed by atoms with Gasteiger partial charge in [-0.05, 0) is 39.5 Å². The van der Waals surface area contributed by atoms with E-state index in [2.05, 4.69) is 31.7 Å². The van der Waals surface area contributed by atoms with Crippen LogP contribution in [0.25, 0.3) is 0 Å². The van der Waals surface area contributed by atoms with Crippen molar-refractivity contribution in [3.63, 3.8) is 0 Å². The van der Waals surface area contributed by atoms with Gasteiger partial charge in [0.05, 0.1) is 26.2 Å². The van der Waals surface area contributed by atoms with Crippen LogP contribution in [0.4, 0.5) is 24.7 Å². The first-order chi connectivity index (χ1) is 14.2. The summed E-state index contributed by atoms with van der Waals surface area (Å²) in [5, 5.41) is 11.7. The van der Waals surface area contributed by atoms with Crippen molar-refractivity contribution in [1.82, 2.24) is 9.78 Å². The van der Waals surface area contributed by atoms with Crippen LogP contribution in [0.2, 0.25) is 10.0 Å². The molecule has 2 atom stereocenters. The van der Waals surface area contributed by atoms with E-state index in [1.807, 2.05) is 0 Å². The molecule has 1 aromatic carbocycles. The molecule has 1 amide bonds. The summed E-state index contributed by atoms with van der Waals surface area (Å²) in [7, 11) is 0. The van der Waals surface area contributed by atoms with Crippen molar-refractivity contribution in [3.8, 4) is 0 Å². The fraction of sp³-hybridized carbons (Fsp3) is 0.222. The number of halogens is 6. The highest BCUT2D eigenvalue weighted by molar-refractivity contribution is 9.10. The number of fused-ring (bicyclic) bond motifs is 1. The molecule has 0 fully saturated rings. The van der Waals surface area contributed by atoms with E-state index < -0.39 is 24.2 Å². The van der Waals surface area contributed by atoms with E-state index in [1.54, 1.807) is 29.6 Å². The van der Waals surface area contributed by atoms with Crippen molar-refractivity contribution in [3.05, 3.63) is 60.8 Å². The second kappa shape index (κ2) is 8.07. The van der Waals surface area contributed by atoms with Crippen LogP contribution in [-0.2, 0) is 0 Å². The Morgan fingerprint density at radius 2 is 2.07 bits per heavy atom. The van der Waals surface area contributed by atoms with Crippen LogP contribution in [0.1, 0.15) is 33.9 Å². The van der Waals surface area contributed by atoms with Gasteiger partial charge in [0, 0.05) is 11.3 Å². The Bertz CT molecular complexity index is 1100. The van der Waals surface area contributed by atoms with Crippen LogP contribution in [0, 0.1) is 0 Å². The molecule has 3 heterocycles. The van der Waals surface area contributed by atoms with E-state index in [4.69, 9.17) is 23.2 Å². The van der Waals surface area contributed by atoms with E-state index in [1.165, 1.54) is 17.4 Å². The topological polar surface area (TPSA) is 59.0 Å². The molecule has 0 unspecified atom stereocenters. The summed E-state index contributed by atoms with van der Waals surface area (Å²) in [6, 6.07) is 5.77. The molecule has 2 N–H and O–H groups in total. The largest absolute Gasteiger partial charge is 0.410 e. The summed E-state index contributed by atoms with van der Waals surface area (Å²) >= 11 is 16.6. The zero-order chi connectivity index (χ0) is 21.6. The molecule has 1 aliphatic heterocycles. The number of alkyl halides is 3. The zero-order valence-corrected chi connectivity index (χ0v) is 18.7. The Hall–Kier alpha value is -1.75. The molecule has 0 radical (unpaired) electrons. The lowest BCUT2D eigenvalue weighted by Gasteiger charge is -2.33.